The first-order valence-corrected chi connectivity index (χ1v) is 8.87. The third kappa shape index (κ3) is 4.38. The van der Waals surface area contributed by atoms with Crippen molar-refractivity contribution >= 4 is 48.4 Å². The molecular formula is C15H16BrN2O5S+. The zero-order chi connectivity index (χ0) is 17.9. The van der Waals surface area contributed by atoms with Crippen LogP contribution in [0.5, 0.6) is 5.75 Å². The van der Waals surface area contributed by atoms with Crippen LogP contribution in [-0.4, -0.2) is 32.2 Å². The molecule has 0 spiro atoms. The molecule has 1 aromatic heterocycles. The van der Waals surface area contributed by atoms with E-state index in [1.165, 1.54) is 0 Å². The maximum absolute atomic E-state index is 9.33. The van der Waals surface area contributed by atoms with E-state index in [0.717, 1.165) is 39.4 Å². The maximum Gasteiger partial charge on any atom is 0.397 e. The lowest BCUT2D eigenvalue weighted by atomic mass is 10.2. The van der Waals surface area contributed by atoms with Crippen LogP contribution in [0.2, 0.25) is 0 Å². The largest absolute Gasteiger partial charge is 0.497 e. The number of fused-ring (bicyclic) bond motifs is 2. The van der Waals surface area contributed by atoms with Gasteiger partial charge in [-0.1, -0.05) is 15.9 Å². The average Bonchev–Trinajstić information content (AvgIpc) is 2.54. The van der Waals surface area contributed by atoms with Gasteiger partial charge in [0.25, 0.3) is 0 Å². The highest BCUT2D eigenvalue weighted by Gasteiger charge is 2.13. The van der Waals surface area contributed by atoms with Gasteiger partial charge in [0.05, 0.1) is 14.2 Å². The summed E-state index contributed by atoms with van der Waals surface area (Å²) < 4.78 is 38.1. The normalized spacial score (nSPS) is 11.2. The number of benzene rings is 2. The number of nitrogens with zero attached hydrogens (tertiary/aromatic N) is 2. The summed E-state index contributed by atoms with van der Waals surface area (Å²) in [6.07, 6.45) is 0. The van der Waals surface area contributed by atoms with Crippen molar-refractivity contribution in [3.63, 3.8) is 0 Å². The van der Waals surface area contributed by atoms with Crippen molar-refractivity contribution < 1.29 is 26.5 Å². The standard InChI is InChI=1S/C14H12BrN2O.CH4O4S/c1-17-13-5-3-9(15)7-11(13)16-12-8-10(18-2)4-6-14(12)17;1-5-6(2,3)4/h3-8H,1-2H3;1H3,(H,2,3,4)/q+1;. The summed E-state index contributed by atoms with van der Waals surface area (Å²) in [5.41, 5.74) is 4.09. The first kappa shape index (κ1) is 18.5. The highest BCUT2D eigenvalue weighted by Crippen LogP contribution is 2.21. The first-order chi connectivity index (χ1) is 11.2. The summed E-state index contributed by atoms with van der Waals surface area (Å²) in [4.78, 5) is 4.68. The minimum Gasteiger partial charge on any atom is -0.497 e. The minimum atomic E-state index is -4.16. The van der Waals surface area contributed by atoms with Crippen molar-refractivity contribution in [1.29, 1.82) is 0 Å². The Labute approximate surface area is 147 Å². The van der Waals surface area contributed by atoms with E-state index in [2.05, 4.69) is 35.7 Å². The Morgan fingerprint density at radius 1 is 1.08 bits per heavy atom. The van der Waals surface area contributed by atoms with Gasteiger partial charge < -0.3 is 4.74 Å². The molecule has 3 rings (SSSR count). The van der Waals surface area contributed by atoms with Gasteiger partial charge >= 0.3 is 10.4 Å². The Morgan fingerprint density at radius 2 is 1.62 bits per heavy atom. The van der Waals surface area contributed by atoms with E-state index >= 15 is 0 Å². The van der Waals surface area contributed by atoms with Crippen molar-refractivity contribution in [3.05, 3.63) is 40.9 Å². The highest BCUT2D eigenvalue weighted by atomic mass is 79.9. The maximum atomic E-state index is 9.33. The second-order valence-electron chi connectivity index (χ2n) is 4.75. The van der Waals surface area contributed by atoms with E-state index < -0.39 is 10.4 Å². The van der Waals surface area contributed by atoms with Crippen molar-refractivity contribution in [2.75, 3.05) is 14.2 Å². The predicted molar refractivity (Wildman–Crippen MR) is 93.2 cm³/mol. The lowest BCUT2D eigenvalue weighted by Crippen LogP contribution is -2.30. The van der Waals surface area contributed by atoms with Crippen molar-refractivity contribution in [1.82, 2.24) is 4.98 Å². The second-order valence-corrected chi connectivity index (χ2v) is 6.86. The molecule has 0 saturated carbocycles. The predicted octanol–water partition coefficient (Wildman–Crippen LogP) is 2.42. The molecule has 2 aromatic carbocycles. The Morgan fingerprint density at radius 3 is 2.17 bits per heavy atom. The number of aryl methyl sites for hydroxylation is 1. The Kier molecular flexibility index (Phi) is 5.70. The third-order valence-electron chi connectivity index (χ3n) is 3.29. The van der Waals surface area contributed by atoms with Crippen LogP contribution in [0.25, 0.3) is 22.1 Å². The molecule has 128 valence electrons. The molecular weight excluding hydrogens is 400 g/mol. The van der Waals surface area contributed by atoms with Gasteiger partial charge in [-0.2, -0.15) is 13.0 Å². The molecule has 0 unspecified atom stereocenters. The van der Waals surface area contributed by atoms with Crippen LogP contribution in [0.15, 0.2) is 40.9 Å². The van der Waals surface area contributed by atoms with Crippen molar-refractivity contribution in [2.24, 2.45) is 7.05 Å². The zero-order valence-electron chi connectivity index (χ0n) is 13.2. The molecule has 9 heteroatoms. The molecule has 0 saturated heterocycles. The van der Waals surface area contributed by atoms with Crippen LogP contribution < -0.4 is 9.30 Å². The van der Waals surface area contributed by atoms with Gasteiger partial charge in [-0.05, 0) is 18.2 Å². The van der Waals surface area contributed by atoms with Gasteiger partial charge in [0, 0.05) is 22.7 Å². The average molecular weight is 416 g/mol. The molecule has 24 heavy (non-hydrogen) atoms. The molecule has 0 fully saturated rings. The smallest absolute Gasteiger partial charge is 0.397 e. The fraction of sp³-hybridized carbons (Fsp3) is 0.200. The van der Waals surface area contributed by atoms with E-state index in [0.29, 0.717) is 0 Å². The molecule has 0 amide bonds. The lowest BCUT2D eigenvalue weighted by molar-refractivity contribution is -0.617. The SMILES string of the molecule is COS(=O)(=O)O.COc1ccc2c(c1)nc1cc(Br)ccc1[n+]2C. The number of hydrogen-bond donors (Lipinski definition) is 1. The minimum absolute atomic E-state index is 0.823. The number of methoxy groups -OCH3 is 1. The summed E-state index contributed by atoms with van der Waals surface area (Å²) in [5.74, 6) is 0.823. The van der Waals surface area contributed by atoms with Crippen molar-refractivity contribution in [3.8, 4) is 5.75 Å². The molecule has 0 atom stereocenters. The van der Waals surface area contributed by atoms with Gasteiger partial charge in [0.15, 0.2) is 0 Å². The van der Waals surface area contributed by atoms with Gasteiger partial charge in [0.1, 0.15) is 23.8 Å². The van der Waals surface area contributed by atoms with E-state index in [4.69, 9.17) is 9.29 Å². The topological polar surface area (TPSA) is 89.6 Å². The van der Waals surface area contributed by atoms with Crippen molar-refractivity contribution in [2.45, 2.75) is 0 Å². The summed E-state index contributed by atoms with van der Waals surface area (Å²) in [5, 5.41) is 0. The summed E-state index contributed by atoms with van der Waals surface area (Å²) in [6, 6.07) is 12.1. The number of halogens is 1. The van der Waals surface area contributed by atoms with Crippen LogP contribution in [0.4, 0.5) is 0 Å². The van der Waals surface area contributed by atoms with Crippen LogP contribution in [0, 0.1) is 0 Å². The molecule has 0 aliphatic rings. The van der Waals surface area contributed by atoms with E-state index in [1.807, 2.05) is 37.4 Å². The third-order valence-corrected chi connectivity index (χ3v) is 4.21. The fourth-order valence-electron chi connectivity index (χ4n) is 2.13. The zero-order valence-corrected chi connectivity index (χ0v) is 15.6. The van der Waals surface area contributed by atoms with Crippen LogP contribution >= 0.6 is 15.9 Å². The van der Waals surface area contributed by atoms with E-state index in [1.54, 1.807) is 7.11 Å². The number of aromatic nitrogens is 2. The molecule has 1 heterocycles. The molecule has 0 aliphatic carbocycles. The molecule has 3 aromatic rings. The van der Waals surface area contributed by atoms with Crippen LogP contribution in [0.1, 0.15) is 0 Å². The lowest BCUT2D eigenvalue weighted by Gasteiger charge is -2.03. The van der Waals surface area contributed by atoms with E-state index in [9.17, 15) is 8.42 Å². The Hall–Kier alpha value is -1.81. The van der Waals surface area contributed by atoms with E-state index in [-0.39, 0.29) is 0 Å². The van der Waals surface area contributed by atoms with Crippen LogP contribution in [0.3, 0.4) is 0 Å². The quantitative estimate of drug-likeness (QED) is 0.392. The fourth-order valence-corrected chi connectivity index (χ4v) is 2.48. The monoisotopic (exact) mass is 415 g/mol. The van der Waals surface area contributed by atoms with Crippen LogP contribution in [-0.2, 0) is 21.6 Å². The molecule has 7 nitrogen and oxygen atoms in total. The molecule has 0 bridgehead atoms. The molecule has 0 radical (unpaired) electrons. The summed E-state index contributed by atoms with van der Waals surface area (Å²) in [6.45, 7) is 0. The van der Waals surface area contributed by atoms with Gasteiger partial charge in [-0.3, -0.25) is 8.74 Å². The number of ether oxygens (including phenoxy) is 1. The Bertz CT molecular complexity index is 992. The Balaban J connectivity index is 0.000000301. The molecule has 0 aliphatic heterocycles. The summed E-state index contributed by atoms with van der Waals surface area (Å²) in [7, 11) is 0.422. The number of hydrogen-bond acceptors (Lipinski definition) is 5. The van der Waals surface area contributed by atoms with Gasteiger partial charge in [0.2, 0.25) is 11.0 Å². The van der Waals surface area contributed by atoms with Gasteiger partial charge in [-0.15, -0.1) is 0 Å². The van der Waals surface area contributed by atoms with Gasteiger partial charge in [-0.25, -0.2) is 4.98 Å². The first-order valence-electron chi connectivity index (χ1n) is 6.71. The number of rotatable bonds is 2. The highest BCUT2D eigenvalue weighted by molar-refractivity contribution is 9.10. The summed E-state index contributed by atoms with van der Waals surface area (Å²) >= 11 is 3.48. The second kappa shape index (κ2) is 7.39. The molecule has 1 N–H and O–H groups in total.